The number of rotatable bonds is 3. The Bertz CT molecular complexity index is 450. The molecular weight excluding hydrogens is 269 g/mol. The normalized spacial score (nSPS) is 15.4. The molecule has 0 aliphatic carbocycles. The summed E-state index contributed by atoms with van der Waals surface area (Å²) in [6.45, 7) is 2.00. The van der Waals surface area contributed by atoms with Crippen molar-refractivity contribution >= 4 is 6.03 Å². The molecule has 3 nitrogen and oxygen atoms in total. The molecule has 0 radical (unpaired) electrons. The van der Waals surface area contributed by atoms with Crippen molar-refractivity contribution < 1.29 is 18.0 Å². The van der Waals surface area contributed by atoms with E-state index in [-0.39, 0.29) is 6.03 Å². The topological polar surface area (TPSA) is 32.3 Å². The quantitative estimate of drug-likeness (QED) is 0.910. The van der Waals surface area contributed by atoms with Crippen molar-refractivity contribution in [2.75, 3.05) is 19.6 Å². The maximum atomic E-state index is 12.4. The average Bonchev–Trinajstić information content (AvgIpc) is 2.92. The van der Waals surface area contributed by atoms with Gasteiger partial charge in [0.2, 0.25) is 0 Å². The van der Waals surface area contributed by atoms with Crippen LogP contribution in [-0.2, 0) is 12.6 Å². The molecule has 1 heterocycles. The Hall–Kier alpha value is -1.72. The number of halogens is 3. The summed E-state index contributed by atoms with van der Waals surface area (Å²) in [5.41, 5.74) is 0.127. The Morgan fingerprint density at radius 3 is 2.30 bits per heavy atom. The van der Waals surface area contributed by atoms with Gasteiger partial charge in [-0.2, -0.15) is 13.2 Å². The van der Waals surface area contributed by atoms with Gasteiger partial charge in [0.15, 0.2) is 0 Å². The smallest absolute Gasteiger partial charge is 0.338 e. The Morgan fingerprint density at radius 1 is 1.15 bits per heavy atom. The van der Waals surface area contributed by atoms with Gasteiger partial charge in [0.05, 0.1) is 5.56 Å². The highest BCUT2D eigenvalue weighted by Crippen LogP contribution is 2.29. The van der Waals surface area contributed by atoms with Crippen LogP contribution >= 0.6 is 0 Å². The van der Waals surface area contributed by atoms with Crippen LogP contribution in [0, 0.1) is 0 Å². The molecule has 0 aromatic heterocycles. The minimum atomic E-state index is -4.30. The molecule has 1 fully saturated rings. The van der Waals surface area contributed by atoms with Gasteiger partial charge in [-0.25, -0.2) is 4.79 Å². The van der Waals surface area contributed by atoms with Gasteiger partial charge >= 0.3 is 12.2 Å². The van der Waals surface area contributed by atoms with E-state index < -0.39 is 11.7 Å². The minimum Gasteiger partial charge on any atom is -0.338 e. The molecule has 20 heavy (non-hydrogen) atoms. The number of nitrogens with one attached hydrogen (secondary N) is 1. The highest BCUT2D eigenvalue weighted by atomic mass is 19.4. The minimum absolute atomic E-state index is 0.0885. The zero-order valence-corrected chi connectivity index (χ0v) is 11.0. The lowest BCUT2D eigenvalue weighted by molar-refractivity contribution is -0.137. The molecule has 0 unspecified atom stereocenters. The Labute approximate surface area is 115 Å². The molecular formula is C14H17F3N2O. The first-order valence-electron chi connectivity index (χ1n) is 6.66. The van der Waals surface area contributed by atoms with Gasteiger partial charge in [-0.05, 0) is 37.0 Å². The molecule has 0 spiro atoms. The summed E-state index contributed by atoms with van der Waals surface area (Å²) in [6, 6.07) is 4.94. The lowest BCUT2D eigenvalue weighted by atomic mass is 10.1. The van der Waals surface area contributed by atoms with E-state index in [1.165, 1.54) is 12.1 Å². The third-order valence-corrected chi connectivity index (χ3v) is 3.36. The van der Waals surface area contributed by atoms with E-state index in [2.05, 4.69) is 5.32 Å². The summed E-state index contributed by atoms with van der Waals surface area (Å²) >= 11 is 0. The Kier molecular flexibility index (Phi) is 4.52. The molecule has 6 heteroatoms. The van der Waals surface area contributed by atoms with Crippen LogP contribution in [0.25, 0.3) is 0 Å². The van der Waals surface area contributed by atoms with Crippen molar-refractivity contribution in [1.82, 2.24) is 10.2 Å². The lowest BCUT2D eigenvalue weighted by Crippen LogP contribution is -2.38. The SMILES string of the molecule is O=C(NCCc1ccc(C(F)(F)F)cc1)N1CCCC1. The predicted octanol–water partition coefficient (Wildman–Crippen LogP) is 3.05. The summed E-state index contributed by atoms with van der Waals surface area (Å²) in [4.78, 5) is 13.4. The number of carbonyl (C=O) groups is 1. The number of urea groups is 1. The van der Waals surface area contributed by atoms with Crippen molar-refractivity contribution in [3.05, 3.63) is 35.4 Å². The molecule has 1 aliphatic rings. The second kappa shape index (κ2) is 6.15. The highest BCUT2D eigenvalue weighted by Gasteiger charge is 2.29. The maximum absolute atomic E-state index is 12.4. The first-order valence-corrected chi connectivity index (χ1v) is 6.66. The first-order chi connectivity index (χ1) is 9.47. The van der Waals surface area contributed by atoms with Crippen molar-refractivity contribution in [2.24, 2.45) is 0 Å². The molecule has 2 rings (SSSR count). The first kappa shape index (κ1) is 14.7. The number of likely N-dealkylation sites (tertiary alicyclic amines) is 1. The van der Waals surface area contributed by atoms with Crippen LogP contribution in [0.15, 0.2) is 24.3 Å². The van der Waals surface area contributed by atoms with E-state index >= 15 is 0 Å². The molecule has 0 saturated carbocycles. The Balaban J connectivity index is 1.78. The van der Waals surface area contributed by atoms with Gasteiger partial charge in [-0.15, -0.1) is 0 Å². The number of hydrogen-bond donors (Lipinski definition) is 1. The third-order valence-electron chi connectivity index (χ3n) is 3.36. The van der Waals surface area contributed by atoms with E-state index in [0.717, 1.165) is 43.6 Å². The number of alkyl halides is 3. The summed E-state index contributed by atoms with van der Waals surface area (Å²) in [7, 11) is 0. The zero-order chi connectivity index (χ0) is 14.6. The zero-order valence-electron chi connectivity index (χ0n) is 11.0. The molecule has 110 valence electrons. The fourth-order valence-corrected chi connectivity index (χ4v) is 2.21. The van der Waals surface area contributed by atoms with Crippen LogP contribution < -0.4 is 5.32 Å². The number of nitrogens with zero attached hydrogens (tertiary/aromatic N) is 1. The van der Waals surface area contributed by atoms with Crippen molar-refractivity contribution in [2.45, 2.75) is 25.4 Å². The Morgan fingerprint density at radius 2 is 1.75 bits per heavy atom. The lowest BCUT2D eigenvalue weighted by Gasteiger charge is -2.16. The summed E-state index contributed by atoms with van der Waals surface area (Å²) in [6.07, 6.45) is -1.71. The fourth-order valence-electron chi connectivity index (χ4n) is 2.21. The van der Waals surface area contributed by atoms with E-state index in [9.17, 15) is 18.0 Å². The number of hydrogen-bond acceptors (Lipinski definition) is 1. The van der Waals surface area contributed by atoms with Crippen LogP contribution in [0.4, 0.5) is 18.0 Å². The second-order valence-electron chi connectivity index (χ2n) is 4.87. The predicted molar refractivity (Wildman–Crippen MR) is 69.4 cm³/mol. The van der Waals surface area contributed by atoms with Gasteiger partial charge in [0, 0.05) is 19.6 Å². The van der Waals surface area contributed by atoms with Crippen molar-refractivity contribution in [3.8, 4) is 0 Å². The van der Waals surface area contributed by atoms with Crippen molar-refractivity contribution in [3.63, 3.8) is 0 Å². The van der Waals surface area contributed by atoms with Crippen molar-refractivity contribution in [1.29, 1.82) is 0 Å². The molecule has 1 N–H and O–H groups in total. The van der Waals surface area contributed by atoms with Crippen LogP contribution in [0.3, 0.4) is 0 Å². The van der Waals surface area contributed by atoms with E-state index in [1.807, 2.05) is 0 Å². The van der Waals surface area contributed by atoms with E-state index in [4.69, 9.17) is 0 Å². The van der Waals surface area contributed by atoms with Gasteiger partial charge in [0.25, 0.3) is 0 Å². The van der Waals surface area contributed by atoms with Crippen LogP contribution in [-0.4, -0.2) is 30.6 Å². The molecule has 2 amide bonds. The van der Waals surface area contributed by atoms with Gasteiger partial charge < -0.3 is 10.2 Å². The summed E-state index contributed by atoms with van der Waals surface area (Å²) < 4.78 is 37.2. The molecule has 0 atom stereocenters. The molecule has 1 saturated heterocycles. The number of carbonyl (C=O) groups excluding carboxylic acids is 1. The summed E-state index contributed by atoms with van der Waals surface area (Å²) in [5, 5.41) is 2.78. The fraction of sp³-hybridized carbons (Fsp3) is 0.500. The number of amides is 2. The van der Waals surface area contributed by atoms with E-state index in [0.29, 0.717) is 13.0 Å². The van der Waals surface area contributed by atoms with Crippen LogP contribution in [0.5, 0.6) is 0 Å². The molecule has 1 aliphatic heterocycles. The van der Waals surface area contributed by atoms with Gasteiger partial charge in [0.1, 0.15) is 0 Å². The third kappa shape index (κ3) is 3.88. The number of benzene rings is 1. The highest BCUT2D eigenvalue weighted by molar-refractivity contribution is 5.74. The average molecular weight is 286 g/mol. The van der Waals surface area contributed by atoms with Crippen LogP contribution in [0.2, 0.25) is 0 Å². The summed E-state index contributed by atoms with van der Waals surface area (Å²) in [5.74, 6) is 0. The van der Waals surface area contributed by atoms with Crippen LogP contribution in [0.1, 0.15) is 24.0 Å². The largest absolute Gasteiger partial charge is 0.416 e. The van der Waals surface area contributed by atoms with E-state index in [1.54, 1.807) is 4.90 Å². The maximum Gasteiger partial charge on any atom is 0.416 e. The molecule has 0 bridgehead atoms. The molecule has 1 aromatic rings. The van der Waals surface area contributed by atoms with Gasteiger partial charge in [-0.3, -0.25) is 0 Å². The standard InChI is InChI=1S/C14H17F3N2O/c15-14(16,17)12-5-3-11(4-6-12)7-8-18-13(20)19-9-1-2-10-19/h3-6H,1-2,7-10H2,(H,18,20). The van der Waals surface area contributed by atoms with Gasteiger partial charge in [-0.1, -0.05) is 12.1 Å². The second-order valence-corrected chi connectivity index (χ2v) is 4.87. The molecule has 1 aromatic carbocycles. The monoisotopic (exact) mass is 286 g/mol.